The number of piperidine rings is 1. The molecule has 1 atom stereocenters. The van der Waals surface area contributed by atoms with Crippen molar-refractivity contribution in [2.75, 3.05) is 36.5 Å². The van der Waals surface area contributed by atoms with Crippen LogP contribution in [0.4, 0.5) is 11.6 Å². The van der Waals surface area contributed by atoms with E-state index in [4.69, 9.17) is 4.74 Å². The van der Waals surface area contributed by atoms with Crippen molar-refractivity contribution in [3.05, 3.63) is 18.2 Å². The summed E-state index contributed by atoms with van der Waals surface area (Å²) < 4.78 is 5.88. The Labute approximate surface area is 116 Å². The van der Waals surface area contributed by atoms with Crippen molar-refractivity contribution in [1.29, 1.82) is 0 Å². The maximum Gasteiger partial charge on any atom is 0.131 e. The predicted octanol–water partition coefficient (Wildman–Crippen LogP) is 2.91. The standard InChI is InChI=1S/C15H25N3O/c1-3-11-19-13-7-6-10-18(12-13)15-9-5-8-14(17-15)16-4-2/h5,8-9,13H,3-4,6-7,10-12H2,1-2H3,(H,16,17). The molecule has 1 aliphatic rings. The largest absolute Gasteiger partial charge is 0.376 e. The van der Waals surface area contributed by atoms with Crippen molar-refractivity contribution in [2.24, 2.45) is 0 Å². The minimum absolute atomic E-state index is 0.360. The third-order valence-corrected chi connectivity index (χ3v) is 3.35. The average Bonchev–Trinajstić information content (AvgIpc) is 2.46. The summed E-state index contributed by atoms with van der Waals surface area (Å²) in [6.07, 6.45) is 3.80. The van der Waals surface area contributed by atoms with Crippen LogP contribution in [-0.4, -0.2) is 37.3 Å². The van der Waals surface area contributed by atoms with Gasteiger partial charge in [-0.25, -0.2) is 4.98 Å². The molecule has 0 spiro atoms. The van der Waals surface area contributed by atoms with E-state index in [2.05, 4.69) is 41.2 Å². The number of rotatable bonds is 6. The molecule has 2 rings (SSSR count). The molecule has 4 heteroatoms. The van der Waals surface area contributed by atoms with Gasteiger partial charge in [0.15, 0.2) is 0 Å². The summed E-state index contributed by atoms with van der Waals surface area (Å²) in [7, 11) is 0. The molecule has 1 fully saturated rings. The second kappa shape index (κ2) is 7.34. The minimum atomic E-state index is 0.360. The molecule has 106 valence electrons. The van der Waals surface area contributed by atoms with Crippen molar-refractivity contribution in [2.45, 2.75) is 39.2 Å². The van der Waals surface area contributed by atoms with Crippen molar-refractivity contribution >= 4 is 11.6 Å². The Morgan fingerprint density at radius 2 is 2.32 bits per heavy atom. The van der Waals surface area contributed by atoms with Crippen molar-refractivity contribution in [3.8, 4) is 0 Å². The molecule has 0 aromatic carbocycles. The number of anilines is 2. The van der Waals surface area contributed by atoms with Crippen LogP contribution in [0.1, 0.15) is 33.1 Å². The average molecular weight is 263 g/mol. The van der Waals surface area contributed by atoms with Crippen LogP contribution < -0.4 is 10.2 Å². The molecule has 1 unspecified atom stereocenters. The van der Waals surface area contributed by atoms with Crippen molar-refractivity contribution in [1.82, 2.24) is 4.98 Å². The highest BCUT2D eigenvalue weighted by atomic mass is 16.5. The third-order valence-electron chi connectivity index (χ3n) is 3.35. The van der Waals surface area contributed by atoms with Gasteiger partial charge in [0.05, 0.1) is 6.10 Å². The van der Waals surface area contributed by atoms with Crippen LogP contribution in [0.3, 0.4) is 0 Å². The maximum absolute atomic E-state index is 5.88. The maximum atomic E-state index is 5.88. The van der Waals surface area contributed by atoms with E-state index in [9.17, 15) is 0 Å². The van der Waals surface area contributed by atoms with E-state index in [0.29, 0.717) is 6.10 Å². The Kier molecular flexibility index (Phi) is 5.45. The number of nitrogens with zero attached hydrogens (tertiary/aromatic N) is 2. The zero-order valence-corrected chi connectivity index (χ0v) is 12.1. The lowest BCUT2D eigenvalue weighted by molar-refractivity contribution is 0.0439. The number of hydrogen-bond acceptors (Lipinski definition) is 4. The van der Waals surface area contributed by atoms with Crippen LogP contribution in [0.25, 0.3) is 0 Å². The Morgan fingerprint density at radius 1 is 1.42 bits per heavy atom. The molecule has 1 aromatic rings. The molecule has 4 nitrogen and oxygen atoms in total. The lowest BCUT2D eigenvalue weighted by Gasteiger charge is -2.33. The Balaban J connectivity index is 1.98. The molecule has 0 amide bonds. The third kappa shape index (κ3) is 4.10. The fourth-order valence-corrected chi connectivity index (χ4v) is 2.45. The van der Waals surface area contributed by atoms with Gasteiger partial charge >= 0.3 is 0 Å². The fraction of sp³-hybridized carbons (Fsp3) is 0.667. The second-order valence-electron chi connectivity index (χ2n) is 4.99. The minimum Gasteiger partial charge on any atom is -0.376 e. The van der Waals surface area contributed by atoms with Crippen LogP contribution in [0.5, 0.6) is 0 Å². The Hall–Kier alpha value is -1.29. The highest BCUT2D eigenvalue weighted by Gasteiger charge is 2.21. The highest BCUT2D eigenvalue weighted by molar-refractivity contribution is 5.47. The molecular formula is C15H25N3O. The first-order chi connectivity index (χ1) is 9.33. The number of hydrogen-bond donors (Lipinski definition) is 1. The molecule has 2 heterocycles. The first-order valence-corrected chi connectivity index (χ1v) is 7.41. The summed E-state index contributed by atoms with van der Waals surface area (Å²) in [6.45, 7) is 8.05. The number of ether oxygens (including phenoxy) is 1. The summed E-state index contributed by atoms with van der Waals surface area (Å²) in [5, 5.41) is 3.26. The van der Waals surface area contributed by atoms with E-state index in [1.165, 1.54) is 12.8 Å². The van der Waals surface area contributed by atoms with Gasteiger partial charge in [0, 0.05) is 26.2 Å². The normalized spacial score (nSPS) is 19.5. The Morgan fingerprint density at radius 3 is 3.11 bits per heavy atom. The van der Waals surface area contributed by atoms with E-state index in [-0.39, 0.29) is 0 Å². The van der Waals surface area contributed by atoms with Gasteiger partial charge in [0.1, 0.15) is 11.6 Å². The molecule has 1 aliphatic heterocycles. The van der Waals surface area contributed by atoms with Crippen LogP contribution in [-0.2, 0) is 4.74 Å². The number of aromatic nitrogens is 1. The highest BCUT2D eigenvalue weighted by Crippen LogP contribution is 2.21. The zero-order chi connectivity index (χ0) is 13.5. The van der Waals surface area contributed by atoms with E-state index < -0.39 is 0 Å². The summed E-state index contributed by atoms with van der Waals surface area (Å²) >= 11 is 0. The summed E-state index contributed by atoms with van der Waals surface area (Å²) in [4.78, 5) is 7.00. The van der Waals surface area contributed by atoms with Gasteiger partial charge in [-0.2, -0.15) is 0 Å². The first kappa shape index (κ1) is 14.1. The van der Waals surface area contributed by atoms with Gasteiger partial charge in [-0.05, 0) is 38.3 Å². The van der Waals surface area contributed by atoms with Crippen LogP contribution >= 0.6 is 0 Å². The van der Waals surface area contributed by atoms with Gasteiger partial charge in [0.2, 0.25) is 0 Å². The quantitative estimate of drug-likeness (QED) is 0.856. The van der Waals surface area contributed by atoms with E-state index in [1.807, 2.05) is 6.07 Å². The monoisotopic (exact) mass is 263 g/mol. The lowest BCUT2D eigenvalue weighted by Crippen LogP contribution is -2.40. The fourth-order valence-electron chi connectivity index (χ4n) is 2.45. The second-order valence-corrected chi connectivity index (χ2v) is 4.99. The van der Waals surface area contributed by atoms with Gasteiger partial charge < -0.3 is 15.0 Å². The molecule has 1 N–H and O–H groups in total. The molecule has 1 saturated heterocycles. The smallest absolute Gasteiger partial charge is 0.131 e. The van der Waals surface area contributed by atoms with Crippen LogP contribution in [0.2, 0.25) is 0 Å². The van der Waals surface area contributed by atoms with Crippen molar-refractivity contribution < 1.29 is 4.74 Å². The van der Waals surface area contributed by atoms with Crippen LogP contribution in [0.15, 0.2) is 18.2 Å². The molecule has 0 radical (unpaired) electrons. The summed E-state index contributed by atoms with van der Waals surface area (Å²) in [6, 6.07) is 6.17. The van der Waals surface area contributed by atoms with E-state index in [1.54, 1.807) is 0 Å². The number of nitrogens with one attached hydrogen (secondary N) is 1. The van der Waals surface area contributed by atoms with Gasteiger partial charge in [-0.3, -0.25) is 0 Å². The molecule has 0 aliphatic carbocycles. The predicted molar refractivity (Wildman–Crippen MR) is 79.9 cm³/mol. The topological polar surface area (TPSA) is 37.4 Å². The SMILES string of the molecule is CCCOC1CCCN(c2cccc(NCC)n2)C1. The molecular weight excluding hydrogens is 238 g/mol. The number of pyridine rings is 1. The zero-order valence-electron chi connectivity index (χ0n) is 12.1. The summed E-state index contributed by atoms with van der Waals surface area (Å²) in [5.74, 6) is 2.01. The molecule has 0 saturated carbocycles. The molecule has 0 bridgehead atoms. The van der Waals surface area contributed by atoms with E-state index >= 15 is 0 Å². The Bertz CT molecular complexity index is 383. The summed E-state index contributed by atoms with van der Waals surface area (Å²) in [5.41, 5.74) is 0. The van der Waals surface area contributed by atoms with Crippen molar-refractivity contribution in [3.63, 3.8) is 0 Å². The molecule has 19 heavy (non-hydrogen) atoms. The first-order valence-electron chi connectivity index (χ1n) is 7.41. The van der Waals surface area contributed by atoms with Gasteiger partial charge in [-0.15, -0.1) is 0 Å². The van der Waals surface area contributed by atoms with Gasteiger partial charge in [0.25, 0.3) is 0 Å². The van der Waals surface area contributed by atoms with Gasteiger partial charge in [-0.1, -0.05) is 13.0 Å². The van der Waals surface area contributed by atoms with Crippen LogP contribution in [0, 0.1) is 0 Å². The lowest BCUT2D eigenvalue weighted by atomic mass is 10.1. The molecule has 1 aromatic heterocycles. The van der Waals surface area contributed by atoms with E-state index in [0.717, 1.165) is 44.3 Å².